The van der Waals surface area contributed by atoms with E-state index in [2.05, 4.69) is 45.8 Å². The number of aryl methyl sites for hydroxylation is 1. The van der Waals surface area contributed by atoms with E-state index in [0.717, 1.165) is 26.8 Å². The molecule has 21 heavy (non-hydrogen) atoms. The van der Waals surface area contributed by atoms with E-state index in [1.54, 1.807) is 12.5 Å². The predicted octanol–water partition coefficient (Wildman–Crippen LogP) is 4.65. The third-order valence-corrected chi connectivity index (χ3v) is 3.90. The predicted molar refractivity (Wildman–Crippen MR) is 86.8 cm³/mol. The first-order valence-electron chi connectivity index (χ1n) is 6.79. The second-order valence-electron chi connectivity index (χ2n) is 5.28. The molecule has 0 atom stereocenters. The van der Waals surface area contributed by atoms with Crippen LogP contribution in [-0.4, -0.2) is 14.5 Å². The number of halogens is 1. The van der Waals surface area contributed by atoms with Gasteiger partial charge >= 0.3 is 0 Å². The fourth-order valence-corrected chi connectivity index (χ4v) is 2.66. The van der Waals surface area contributed by atoms with Gasteiger partial charge < -0.3 is 9.30 Å². The number of nitrogens with zero attached hydrogens (tertiary/aromatic N) is 3. The molecule has 3 rings (SSSR count). The molecule has 3 aromatic rings. The van der Waals surface area contributed by atoms with E-state index in [-0.39, 0.29) is 0 Å². The van der Waals surface area contributed by atoms with Crippen molar-refractivity contribution in [1.29, 1.82) is 0 Å². The Labute approximate surface area is 131 Å². The highest BCUT2D eigenvalue weighted by Crippen LogP contribution is 2.34. The second-order valence-corrected chi connectivity index (χ2v) is 6.19. The van der Waals surface area contributed by atoms with Crippen molar-refractivity contribution in [3.05, 3.63) is 46.8 Å². The molecule has 0 spiro atoms. The lowest BCUT2D eigenvalue weighted by Gasteiger charge is -2.13. The number of rotatable bonds is 3. The number of aromatic nitrogens is 3. The van der Waals surface area contributed by atoms with Crippen molar-refractivity contribution in [3.8, 4) is 11.6 Å². The minimum Gasteiger partial charge on any atom is -0.437 e. The Morgan fingerprint density at radius 1 is 1.19 bits per heavy atom. The van der Waals surface area contributed by atoms with Crippen LogP contribution in [0.25, 0.3) is 11.0 Å². The van der Waals surface area contributed by atoms with Gasteiger partial charge in [-0.2, -0.15) is 0 Å². The van der Waals surface area contributed by atoms with Gasteiger partial charge in [-0.3, -0.25) is 0 Å². The molecule has 2 aromatic heterocycles. The summed E-state index contributed by atoms with van der Waals surface area (Å²) in [6.45, 7) is 4.28. The quantitative estimate of drug-likeness (QED) is 0.693. The zero-order valence-electron chi connectivity index (χ0n) is 12.2. The lowest BCUT2D eigenvalue weighted by Crippen LogP contribution is -1.96. The largest absolute Gasteiger partial charge is 0.437 e. The van der Waals surface area contributed by atoms with Gasteiger partial charge in [-0.05, 0) is 35.7 Å². The van der Waals surface area contributed by atoms with Crippen LogP contribution in [0.4, 0.5) is 0 Å². The van der Waals surface area contributed by atoms with Crippen LogP contribution < -0.4 is 4.74 Å². The van der Waals surface area contributed by atoms with Crippen LogP contribution in [0.5, 0.6) is 11.6 Å². The molecule has 0 N–H and O–H groups in total. The van der Waals surface area contributed by atoms with E-state index in [1.807, 2.05) is 29.8 Å². The first kappa shape index (κ1) is 14.1. The lowest BCUT2D eigenvalue weighted by atomic mass is 10.0. The Morgan fingerprint density at radius 3 is 2.76 bits per heavy atom. The fraction of sp³-hybridized carbons (Fsp3) is 0.250. The maximum Gasteiger partial charge on any atom is 0.247 e. The van der Waals surface area contributed by atoms with Crippen LogP contribution in [0.15, 0.2) is 41.3 Å². The highest BCUT2D eigenvalue weighted by Gasteiger charge is 2.13. The van der Waals surface area contributed by atoms with Crippen LogP contribution in [0, 0.1) is 0 Å². The molecule has 0 bridgehead atoms. The van der Waals surface area contributed by atoms with Gasteiger partial charge in [0, 0.05) is 17.7 Å². The Morgan fingerprint density at radius 2 is 2.00 bits per heavy atom. The van der Waals surface area contributed by atoms with E-state index in [0.29, 0.717) is 11.8 Å². The summed E-state index contributed by atoms with van der Waals surface area (Å²) < 4.78 is 9.04. The number of hydrogen-bond donors (Lipinski definition) is 0. The zero-order valence-corrected chi connectivity index (χ0v) is 13.8. The zero-order chi connectivity index (χ0) is 15.0. The molecule has 4 nitrogen and oxygen atoms in total. The summed E-state index contributed by atoms with van der Waals surface area (Å²) in [6, 6.07) is 7.95. The maximum absolute atomic E-state index is 6.04. The van der Waals surface area contributed by atoms with Crippen molar-refractivity contribution < 1.29 is 4.74 Å². The lowest BCUT2D eigenvalue weighted by molar-refractivity contribution is 0.459. The smallest absolute Gasteiger partial charge is 0.247 e. The third-order valence-electron chi connectivity index (χ3n) is 3.41. The van der Waals surface area contributed by atoms with Crippen LogP contribution >= 0.6 is 15.9 Å². The highest BCUT2D eigenvalue weighted by molar-refractivity contribution is 9.10. The normalized spacial score (nSPS) is 11.3. The van der Waals surface area contributed by atoms with Crippen molar-refractivity contribution in [1.82, 2.24) is 14.5 Å². The summed E-state index contributed by atoms with van der Waals surface area (Å²) in [5.41, 5.74) is 2.92. The highest BCUT2D eigenvalue weighted by atomic mass is 79.9. The van der Waals surface area contributed by atoms with Gasteiger partial charge in [0.15, 0.2) is 5.52 Å². The Balaban J connectivity index is 2.07. The number of pyridine rings is 1. The van der Waals surface area contributed by atoms with Gasteiger partial charge in [0.25, 0.3) is 0 Å². The van der Waals surface area contributed by atoms with E-state index >= 15 is 0 Å². The third kappa shape index (κ3) is 2.65. The number of hydrogen-bond acceptors (Lipinski definition) is 3. The molecule has 1 aromatic carbocycles. The van der Waals surface area contributed by atoms with Crippen LogP contribution in [0.3, 0.4) is 0 Å². The molecule has 0 aliphatic rings. The molecule has 0 amide bonds. The van der Waals surface area contributed by atoms with Gasteiger partial charge in [0.05, 0.1) is 11.8 Å². The maximum atomic E-state index is 6.04. The van der Waals surface area contributed by atoms with Gasteiger partial charge in [0.2, 0.25) is 5.88 Å². The Kier molecular flexibility index (Phi) is 3.68. The Bertz CT molecular complexity index is 795. The summed E-state index contributed by atoms with van der Waals surface area (Å²) in [5, 5.41) is 0. The summed E-state index contributed by atoms with van der Waals surface area (Å²) in [4.78, 5) is 8.70. The van der Waals surface area contributed by atoms with E-state index in [4.69, 9.17) is 4.74 Å². The molecule has 2 heterocycles. The monoisotopic (exact) mass is 345 g/mol. The first-order valence-corrected chi connectivity index (χ1v) is 7.59. The minimum absolute atomic E-state index is 0.362. The molecule has 0 saturated heterocycles. The summed E-state index contributed by atoms with van der Waals surface area (Å²) in [6.07, 6.45) is 3.51. The number of benzene rings is 1. The standard InChI is InChI=1S/C16H16BrN3O/c1-10(2)12-8-11(17)4-5-14(12)21-16-15-13(6-7-18-16)20(3)9-19-15/h4-10H,1-3H3. The van der Waals surface area contributed by atoms with Crippen LogP contribution in [0.2, 0.25) is 0 Å². The fourth-order valence-electron chi connectivity index (χ4n) is 2.28. The topological polar surface area (TPSA) is 39.9 Å². The second kappa shape index (κ2) is 5.48. The number of imidazole rings is 1. The van der Waals surface area contributed by atoms with E-state index < -0.39 is 0 Å². The molecule has 0 aliphatic heterocycles. The van der Waals surface area contributed by atoms with Gasteiger partial charge in [0.1, 0.15) is 5.75 Å². The molecule has 0 fully saturated rings. The van der Waals surface area contributed by atoms with Gasteiger partial charge in [-0.15, -0.1) is 0 Å². The molecule has 5 heteroatoms. The van der Waals surface area contributed by atoms with Crippen molar-refractivity contribution in [2.24, 2.45) is 7.05 Å². The molecule has 0 unspecified atom stereocenters. The summed E-state index contributed by atoms with van der Waals surface area (Å²) >= 11 is 3.51. The molecule has 108 valence electrons. The summed E-state index contributed by atoms with van der Waals surface area (Å²) in [5.74, 6) is 1.72. The average Bonchev–Trinajstić information content (AvgIpc) is 2.83. The first-order chi connectivity index (χ1) is 10.1. The van der Waals surface area contributed by atoms with E-state index in [9.17, 15) is 0 Å². The summed E-state index contributed by atoms with van der Waals surface area (Å²) in [7, 11) is 1.96. The van der Waals surface area contributed by atoms with Crippen molar-refractivity contribution >= 4 is 27.0 Å². The van der Waals surface area contributed by atoms with Crippen molar-refractivity contribution in [2.75, 3.05) is 0 Å². The molecule has 0 radical (unpaired) electrons. The van der Waals surface area contributed by atoms with Crippen LogP contribution in [-0.2, 0) is 7.05 Å². The van der Waals surface area contributed by atoms with Crippen LogP contribution in [0.1, 0.15) is 25.3 Å². The SMILES string of the molecule is CC(C)c1cc(Br)ccc1Oc1nccc2c1ncn2C. The molecule has 0 aliphatic carbocycles. The van der Waals surface area contributed by atoms with Crippen molar-refractivity contribution in [2.45, 2.75) is 19.8 Å². The average molecular weight is 346 g/mol. The van der Waals surface area contributed by atoms with E-state index in [1.165, 1.54) is 0 Å². The minimum atomic E-state index is 0.362. The van der Waals surface area contributed by atoms with Gasteiger partial charge in [-0.25, -0.2) is 9.97 Å². The molecular weight excluding hydrogens is 330 g/mol. The Hall–Kier alpha value is -1.88. The number of ether oxygens (including phenoxy) is 1. The molecule has 0 saturated carbocycles. The van der Waals surface area contributed by atoms with Crippen molar-refractivity contribution in [3.63, 3.8) is 0 Å². The van der Waals surface area contributed by atoms with Gasteiger partial charge in [-0.1, -0.05) is 29.8 Å². The number of fused-ring (bicyclic) bond motifs is 1. The molecular formula is C16H16BrN3O.